The molecule has 0 saturated carbocycles. The lowest BCUT2D eigenvalue weighted by Gasteiger charge is -2.34. The molecule has 0 aliphatic rings. The normalized spacial score (nSPS) is 11.5. The zero-order valence-corrected chi connectivity index (χ0v) is 20.6. The van der Waals surface area contributed by atoms with Crippen molar-refractivity contribution in [2.75, 3.05) is 7.05 Å². The van der Waals surface area contributed by atoms with Gasteiger partial charge in [0.2, 0.25) is 5.75 Å². The summed E-state index contributed by atoms with van der Waals surface area (Å²) in [5.74, 6) is -4.33. The van der Waals surface area contributed by atoms with Crippen LogP contribution in [0.5, 0.6) is 5.75 Å². The maximum atomic E-state index is 13.0. The smallest absolute Gasteiger partial charge is 0.490 e. The third-order valence-electron chi connectivity index (χ3n) is 5.52. The highest BCUT2D eigenvalue weighted by Gasteiger charge is 2.38. The average Bonchev–Trinajstić information content (AvgIpc) is 2.85. The summed E-state index contributed by atoms with van der Waals surface area (Å²) in [5, 5.41) is 19.9. The Morgan fingerprint density at radius 3 is 2.11 bits per heavy atom. The molecule has 0 aliphatic carbocycles. The second kappa shape index (κ2) is 12.3. The number of benzene rings is 2. The van der Waals surface area contributed by atoms with Crippen molar-refractivity contribution in [3.8, 4) is 5.75 Å². The number of halogens is 4. The minimum Gasteiger partial charge on any atom is -0.501 e. The number of aromatic nitrogens is 2. The lowest BCUT2D eigenvalue weighted by atomic mass is 10.0. The molecule has 13 heteroatoms. The topological polar surface area (TPSA) is 136 Å². The van der Waals surface area contributed by atoms with Crippen molar-refractivity contribution in [1.29, 1.82) is 0 Å². The number of nitrogens with one attached hydrogen (secondary N) is 2. The summed E-state index contributed by atoms with van der Waals surface area (Å²) >= 11 is 0. The number of hydrogen-bond acceptors (Lipinski definition) is 6. The van der Waals surface area contributed by atoms with Crippen LogP contribution in [0, 0.1) is 5.82 Å². The fourth-order valence-electron chi connectivity index (χ4n) is 3.02. The van der Waals surface area contributed by atoms with Crippen LogP contribution in [0.4, 0.5) is 17.6 Å². The lowest BCUT2D eigenvalue weighted by molar-refractivity contribution is -0.192. The summed E-state index contributed by atoms with van der Waals surface area (Å²) in [4.78, 5) is 42.7. The van der Waals surface area contributed by atoms with Crippen molar-refractivity contribution in [2.45, 2.75) is 38.7 Å². The van der Waals surface area contributed by atoms with Gasteiger partial charge >= 0.3 is 12.1 Å². The number of carbonyl (C=O) groups excluding carboxylic acids is 1. The van der Waals surface area contributed by atoms with Gasteiger partial charge in [-0.3, -0.25) is 14.5 Å². The molecule has 0 saturated heterocycles. The van der Waals surface area contributed by atoms with E-state index in [1.165, 1.54) is 24.3 Å². The molecule has 0 spiro atoms. The van der Waals surface area contributed by atoms with Crippen LogP contribution in [0.2, 0.25) is 0 Å². The van der Waals surface area contributed by atoms with Gasteiger partial charge < -0.3 is 20.5 Å². The van der Waals surface area contributed by atoms with Gasteiger partial charge in [0.25, 0.3) is 11.5 Å². The second-order valence-corrected chi connectivity index (χ2v) is 8.62. The van der Waals surface area contributed by atoms with Gasteiger partial charge in [-0.2, -0.15) is 13.2 Å². The average molecular weight is 538 g/mol. The number of carboxylic acids is 1. The third kappa shape index (κ3) is 8.13. The Kier molecular flexibility index (Phi) is 9.72. The molecule has 38 heavy (non-hydrogen) atoms. The highest BCUT2D eigenvalue weighted by atomic mass is 19.4. The summed E-state index contributed by atoms with van der Waals surface area (Å²) in [7, 11) is 1.88. The highest BCUT2D eigenvalue weighted by Crippen LogP contribution is 2.26. The summed E-state index contributed by atoms with van der Waals surface area (Å²) in [6.45, 7) is 4.42. The zero-order valence-electron chi connectivity index (χ0n) is 20.6. The van der Waals surface area contributed by atoms with Crippen molar-refractivity contribution < 1.29 is 37.4 Å². The van der Waals surface area contributed by atoms with Crippen molar-refractivity contribution in [3.63, 3.8) is 0 Å². The summed E-state index contributed by atoms with van der Waals surface area (Å²) < 4.78 is 44.8. The molecule has 0 atom stereocenters. The molecule has 1 amide bonds. The van der Waals surface area contributed by atoms with E-state index < -0.39 is 34.9 Å². The fourth-order valence-corrected chi connectivity index (χ4v) is 3.02. The molecule has 204 valence electrons. The van der Waals surface area contributed by atoms with E-state index in [9.17, 15) is 32.3 Å². The van der Waals surface area contributed by atoms with Gasteiger partial charge in [0.15, 0.2) is 5.69 Å². The maximum absolute atomic E-state index is 13.0. The van der Waals surface area contributed by atoms with E-state index in [2.05, 4.69) is 15.3 Å². The molecule has 3 aromatic rings. The van der Waals surface area contributed by atoms with Crippen LogP contribution < -0.4 is 10.9 Å². The number of H-pyrrole nitrogens is 1. The van der Waals surface area contributed by atoms with E-state index in [1.54, 1.807) is 0 Å². The first-order chi connectivity index (χ1) is 17.6. The number of amides is 1. The Balaban J connectivity index is 0.000000638. The predicted octanol–water partition coefficient (Wildman–Crippen LogP) is 3.55. The largest absolute Gasteiger partial charge is 0.501 e. The van der Waals surface area contributed by atoms with Gasteiger partial charge in [0.1, 0.15) is 11.6 Å². The van der Waals surface area contributed by atoms with E-state index in [0.717, 1.165) is 5.56 Å². The van der Waals surface area contributed by atoms with Crippen molar-refractivity contribution in [3.05, 3.63) is 93.4 Å². The molecule has 0 radical (unpaired) electrons. The van der Waals surface area contributed by atoms with Gasteiger partial charge in [-0.15, -0.1) is 0 Å². The Morgan fingerprint density at radius 2 is 1.58 bits per heavy atom. The monoisotopic (exact) mass is 538 g/mol. The molecule has 0 unspecified atom stereocenters. The van der Waals surface area contributed by atoms with Crippen molar-refractivity contribution >= 4 is 11.9 Å². The van der Waals surface area contributed by atoms with Crippen LogP contribution in [0.3, 0.4) is 0 Å². The predicted molar refractivity (Wildman–Crippen MR) is 129 cm³/mol. The van der Waals surface area contributed by atoms with E-state index in [1.807, 2.05) is 56.1 Å². The molecular weight excluding hydrogens is 512 g/mol. The quantitative estimate of drug-likeness (QED) is 0.338. The van der Waals surface area contributed by atoms with Crippen molar-refractivity contribution in [2.24, 2.45) is 0 Å². The van der Waals surface area contributed by atoms with Crippen LogP contribution in [0.15, 0.2) is 59.4 Å². The first-order valence-electron chi connectivity index (χ1n) is 11.0. The molecule has 1 heterocycles. The Morgan fingerprint density at radius 1 is 1.03 bits per heavy atom. The molecule has 3 rings (SSSR count). The van der Waals surface area contributed by atoms with Crippen LogP contribution in [-0.4, -0.2) is 50.2 Å². The first kappa shape index (κ1) is 30.0. The summed E-state index contributed by atoms with van der Waals surface area (Å²) in [6, 6.07) is 15.5. The number of rotatable bonds is 7. The lowest BCUT2D eigenvalue weighted by Crippen LogP contribution is -2.41. The van der Waals surface area contributed by atoms with Gasteiger partial charge in [0.05, 0.1) is 5.54 Å². The molecule has 1 aromatic heterocycles. The maximum Gasteiger partial charge on any atom is 0.490 e. The molecule has 0 bridgehead atoms. The van der Waals surface area contributed by atoms with Gasteiger partial charge in [-0.1, -0.05) is 42.5 Å². The number of carboxylic acid groups (broad SMARTS) is 1. The molecule has 4 N–H and O–H groups in total. The highest BCUT2D eigenvalue weighted by molar-refractivity contribution is 5.94. The molecular formula is C25H26F4N4O5. The summed E-state index contributed by atoms with van der Waals surface area (Å²) in [6.07, 6.45) is -5.08. The number of carbonyl (C=O) groups is 2. The van der Waals surface area contributed by atoms with Gasteiger partial charge in [-0.25, -0.2) is 14.2 Å². The Labute approximate surface area is 214 Å². The van der Waals surface area contributed by atoms with E-state index in [0.29, 0.717) is 12.1 Å². The SMILES string of the molecule is CN(Cc1ccccc1)C(C)(C)c1nc(C(=O)NCc2ccc(F)cc2)c(O)c(=O)[nH]1.O=C(O)C(F)(F)F. The standard InChI is InChI=1S/C23H25FN4O3.C2HF3O2/c1-23(2,28(3)14-16-7-5-4-6-8-16)22-26-18(19(29)21(31)27-22)20(30)25-13-15-9-11-17(24)12-10-15;3-2(4,5)1(6)7/h4-12,29H,13-14H2,1-3H3,(H,25,30)(H,26,27,31);(H,6,7). The summed E-state index contributed by atoms with van der Waals surface area (Å²) in [5.41, 5.74) is -0.145. The number of aliphatic carboxylic acids is 1. The fraction of sp³-hybridized carbons (Fsp3) is 0.280. The van der Waals surface area contributed by atoms with Crippen LogP contribution in [-0.2, 0) is 23.4 Å². The Bertz CT molecular complexity index is 1310. The second-order valence-electron chi connectivity index (χ2n) is 8.62. The third-order valence-corrected chi connectivity index (χ3v) is 5.52. The minimum absolute atomic E-state index is 0.0969. The van der Waals surface area contributed by atoms with Crippen LogP contribution >= 0.6 is 0 Å². The molecule has 9 nitrogen and oxygen atoms in total. The molecule has 0 aliphatic heterocycles. The zero-order chi connectivity index (χ0) is 28.7. The minimum atomic E-state index is -5.08. The number of nitrogens with zero attached hydrogens (tertiary/aromatic N) is 2. The van der Waals surface area contributed by atoms with E-state index in [4.69, 9.17) is 9.90 Å². The first-order valence-corrected chi connectivity index (χ1v) is 11.0. The number of aromatic amines is 1. The van der Waals surface area contributed by atoms with Crippen molar-refractivity contribution in [1.82, 2.24) is 20.2 Å². The van der Waals surface area contributed by atoms with Gasteiger partial charge in [-0.05, 0) is 44.2 Å². The number of alkyl halides is 3. The Hall–Kier alpha value is -4.26. The van der Waals surface area contributed by atoms with Crippen LogP contribution in [0.25, 0.3) is 0 Å². The van der Waals surface area contributed by atoms with Crippen LogP contribution in [0.1, 0.15) is 41.3 Å². The number of aromatic hydroxyl groups is 1. The number of hydrogen-bond donors (Lipinski definition) is 4. The van der Waals surface area contributed by atoms with E-state index >= 15 is 0 Å². The molecule has 0 fully saturated rings. The molecule has 2 aromatic carbocycles. The van der Waals surface area contributed by atoms with E-state index in [-0.39, 0.29) is 23.9 Å². The van der Waals surface area contributed by atoms with Gasteiger partial charge in [0, 0.05) is 13.1 Å².